The van der Waals surface area contributed by atoms with Crippen LogP contribution in [0.5, 0.6) is 23.0 Å². The predicted octanol–water partition coefficient (Wildman–Crippen LogP) is 4.11. The zero-order valence-electron chi connectivity index (χ0n) is 20.2. The van der Waals surface area contributed by atoms with E-state index in [4.69, 9.17) is 18.9 Å². The van der Waals surface area contributed by atoms with Crippen LogP contribution in [0.4, 0.5) is 0 Å². The van der Waals surface area contributed by atoms with E-state index < -0.39 is 0 Å². The maximum Gasteiger partial charge on any atom is 0.130 e. The van der Waals surface area contributed by atoms with Crippen molar-refractivity contribution in [2.45, 2.75) is 25.8 Å². The van der Waals surface area contributed by atoms with E-state index in [-0.39, 0.29) is 0 Å². The molecule has 1 aliphatic heterocycles. The second kappa shape index (κ2) is 12.0. The maximum absolute atomic E-state index is 5.62. The molecule has 2 aromatic carbocycles. The SMILES string of the molecule is COc1ccc(CCN2CCC[C@H](CN(C)Cc3c(OC)cc(OC)cc3OC)C2)cc1. The van der Waals surface area contributed by atoms with Gasteiger partial charge in [0.05, 0.1) is 34.0 Å². The van der Waals surface area contributed by atoms with Crippen LogP contribution in [-0.2, 0) is 13.0 Å². The Kier molecular flexibility index (Phi) is 9.06. The third-order valence-corrected chi connectivity index (χ3v) is 6.29. The standard InChI is InChI=1S/C26H38N2O4/c1-27(19-24-25(31-4)15-23(30-3)16-26(24)32-5)17-21-7-6-13-28(18-21)14-12-20-8-10-22(29-2)11-9-20/h8-11,15-16,21H,6-7,12-14,17-19H2,1-5H3/t21-/m1/s1. The van der Waals surface area contributed by atoms with Crippen LogP contribution in [0, 0.1) is 5.92 Å². The number of piperidine rings is 1. The topological polar surface area (TPSA) is 43.4 Å². The highest BCUT2D eigenvalue weighted by atomic mass is 16.5. The summed E-state index contributed by atoms with van der Waals surface area (Å²) in [5, 5.41) is 0. The first kappa shape index (κ1) is 24.2. The van der Waals surface area contributed by atoms with E-state index in [9.17, 15) is 0 Å². The molecule has 176 valence electrons. The maximum atomic E-state index is 5.62. The lowest BCUT2D eigenvalue weighted by atomic mass is 9.96. The van der Waals surface area contributed by atoms with Gasteiger partial charge in [-0.3, -0.25) is 0 Å². The first-order chi connectivity index (χ1) is 15.6. The van der Waals surface area contributed by atoms with Crippen LogP contribution in [0.3, 0.4) is 0 Å². The van der Waals surface area contributed by atoms with Gasteiger partial charge in [-0.15, -0.1) is 0 Å². The molecule has 1 saturated heterocycles. The molecule has 3 rings (SSSR count). The van der Waals surface area contributed by atoms with E-state index in [2.05, 4.69) is 29.0 Å². The van der Waals surface area contributed by atoms with Gasteiger partial charge in [-0.2, -0.15) is 0 Å². The molecule has 32 heavy (non-hydrogen) atoms. The Hall–Kier alpha value is -2.44. The van der Waals surface area contributed by atoms with Gasteiger partial charge in [0.2, 0.25) is 0 Å². The van der Waals surface area contributed by atoms with Gasteiger partial charge >= 0.3 is 0 Å². The number of likely N-dealkylation sites (tertiary alicyclic amines) is 1. The Bertz CT molecular complexity index is 815. The summed E-state index contributed by atoms with van der Waals surface area (Å²) in [6, 6.07) is 12.3. The lowest BCUT2D eigenvalue weighted by Gasteiger charge is -2.35. The monoisotopic (exact) mass is 442 g/mol. The number of hydrogen-bond acceptors (Lipinski definition) is 6. The predicted molar refractivity (Wildman–Crippen MR) is 128 cm³/mol. The fourth-order valence-electron chi connectivity index (χ4n) is 4.59. The fraction of sp³-hybridized carbons (Fsp3) is 0.538. The summed E-state index contributed by atoms with van der Waals surface area (Å²) in [4.78, 5) is 4.99. The van der Waals surface area contributed by atoms with E-state index in [1.165, 1.54) is 24.9 Å². The van der Waals surface area contributed by atoms with Crippen LogP contribution in [0.25, 0.3) is 0 Å². The molecule has 0 spiro atoms. The van der Waals surface area contributed by atoms with Crippen molar-refractivity contribution in [1.29, 1.82) is 0 Å². The number of benzene rings is 2. The highest BCUT2D eigenvalue weighted by molar-refractivity contribution is 5.50. The molecule has 0 bridgehead atoms. The number of rotatable bonds is 11. The summed E-state index contributed by atoms with van der Waals surface area (Å²) in [5.41, 5.74) is 2.43. The lowest BCUT2D eigenvalue weighted by Crippen LogP contribution is -2.40. The summed E-state index contributed by atoms with van der Waals surface area (Å²) < 4.78 is 21.9. The van der Waals surface area contributed by atoms with Gasteiger partial charge in [0, 0.05) is 38.3 Å². The Balaban J connectivity index is 1.54. The molecule has 0 aromatic heterocycles. The molecule has 0 saturated carbocycles. The van der Waals surface area contributed by atoms with Crippen LogP contribution in [-0.4, -0.2) is 71.5 Å². The van der Waals surface area contributed by atoms with E-state index in [1.807, 2.05) is 24.3 Å². The molecular formula is C26H38N2O4. The van der Waals surface area contributed by atoms with Gasteiger partial charge in [-0.05, 0) is 56.5 Å². The van der Waals surface area contributed by atoms with Gasteiger partial charge in [0.1, 0.15) is 23.0 Å². The van der Waals surface area contributed by atoms with E-state index in [1.54, 1.807) is 28.4 Å². The Labute approximate surface area is 193 Å². The average molecular weight is 443 g/mol. The highest BCUT2D eigenvalue weighted by Gasteiger charge is 2.22. The zero-order valence-corrected chi connectivity index (χ0v) is 20.2. The van der Waals surface area contributed by atoms with Crippen LogP contribution in [0.15, 0.2) is 36.4 Å². The molecular weight excluding hydrogens is 404 g/mol. The third kappa shape index (κ3) is 6.53. The molecule has 2 aromatic rings. The van der Waals surface area contributed by atoms with Crippen LogP contribution >= 0.6 is 0 Å². The molecule has 0 aliphatic carbocycles. The molecule has 1 atom stereocenters. The Morgan fingerprint density at radius 1 is 0.906 bits per heavy atom. The summed E-state index contributed by atoms with van der Waals surface area (Å²) >= 11 is 0. The summed E-state index contributed by atoms with van der Waals surface area (Å²) in [6.07, 6.45) is 3.61. The normalized spacial score (nSPS) is 16.8. The molecule has 1 aliphatic rings. The number of nitrogens with zero attached hydrogens (tertiary/aromatic N) is 2. The van der Waals surface area contributed by atoms with Gasteiger partial charge in [0.15, 0.2) is 0 Å². The molecule has 6 heteroatoms. The van der Waals surface area contributed by atoms with Gasteiger partial charge in [-0.1, -0.05) is 12.1 Å². The van der Waals surface area contributed by atoms with Crippen molar-refractivity contribution in [3.05, 3.63) is 47.5 Å². The Morgan fingerprint density at radius 2 is 1.56 bits per heavy atom. The van der Waals surface area contributed by atoms with Crippen molar-refractivity contribution in [3.8, 4) is 23.0 Å². The second-order valence-corrected chi connectivity index (χ2v) is 8.61. The van der Waals surface area contributed by atoms with Gasteiger partial charge < -0.3 is 28.7 Å². The van der Waals surface area contributed by atoms with Crippen molar-refractivity contribution in [3.63, 3.8) is 0 Å². The first-order valence-corrected chi connectivity index (χ1v) is 11.4. The van der Waals surface area contributed by atoms with Crippen molar-refractivity contribution < 1.29 is 18.9 Å². The van der Waals surface area contributed by atoms with Crippen LogP contribution in [0.2, 0.25) is 0 Å². The molecule has 0 amide bonds. The Morgan fingerprint density at radius 3 is 2.16 bits per heavy atom. The van der Waals surface area contributed by atoms with E-state index in [0.717, 1.165) is 61.2 Å². The number of methoxy groups -OCH3 is 4. The average Bonchev–Trinajstić information content (AvgIpc) is 2.83. The summed E-state index contributed by atoms with van der Waals surface area (Å²) in [5.74, 6) is 3.93. The summed E-state index contributed by atoms with van der Waals surface area (Å²) in [7, 11) is 8.93. The van der Waals surface area contributed by atoms with E-state index in [0.29, 0.717) is 5.92 Å². The van der Waals surface area contributed by atoms with Crippen LogP contribution in [0.1, 0.15) is 24.0 Å². The molecule has 0 unspecified atom stereocenters. The van der Waals surface area contributed by atoms with Gasteiger partial charge in [0.25, 0.3) is 0 Å². The quantitative estimate of drug-likeness (QED) is 0.522. The van der Waals surface area contributed by atoms with Crippen LogP contribution < -0.4 is 18.9 Å². The van der Waals surface area contributed by atoms with E-state index >= 15 is 0 Å². The largest absolute Gasteiger partial charge is 0.497 e. The number of ether oxygens (including phenoxy) is 4. The van der Waals surface area contributed by atoms with Crippen molar-refractivity contribution in [2.75, 3.05) is 61.7 Å². The zero-order chi connectivity index (χ0) is 22.9. The van der Waals surface area contributed by atoms with Crippen molar-refractivity contribution in [2.24, 2.45) is 5.92 Å². The molecule has 1 fully saturated rings. The second-order valence-electron chi connectivity index (χ2n) is 8.61. The first-order valence-electron chi connectivity index (χ1n) is 11.4. The molecule has 0 radical (unpaired) electrons. The minimum Gasteiger partial charge on any atom is -0.497 e. The highest BCUT2D eigenvalue weighted by Crippen LogP contribution is 2.35. The van der Waals surface area contributed by atoms with Crippen molar-refractivity contribution >= 4 is 0 Å². The minimum atomic E-state index is 0.667. The number of hydrogen-bond donors (Lipinski definition) is 0. The van der Waals surface area contributed by atoms with Gasteiger partial charge in [-0.25, -0.2) is 0 Å². The smallest absolute Gasteiger partial charge is 0.130 e. The third-order valence-electron chi connectivity index (χ3n) is 6.29. The van der Waals surface area contributed by atoms with Crippen molar-refractivity contribution in [1.82, 2.24) is 9.80 Å². The molecule has 0 N–H and O–H groups in total. The fourth-order valence-corrected chi connectivity index (χ4v) is 4.59. The molecule has 6 nitrogen and oxygen atoms in total. The molecule has 1 heterocycles. The lowest BCUT2D eigenvalue weighted by molar-refractivity contribution is 0.141. The minimum absolute atomic E-state index is 0.667. The summed E-state index contributed by atoms with van der Waals surface area (Å²) in [6.45, 7) is 5.27.